The number of hydrogen-bond acceptors (Lipinski definition) is 2. The molecule has 1 N–H and O–H groups in total. The number of hydrogen-bond donors (Lipinski definition) is 1. The lowest BCUT2D eigenvalue weighted by Gasteiger charge is -2.29. The number of piperidine rings is 1. The number of halogens is 3. The van der Waals surface area contributed by atoms with Gasteiger partial charge in [-0.2, -0.15) is 0 Å². The summed E-state index contributed by atoms with van der Waals surface area (Å²) in [4.78, 5) is 13.4. The summed E-state index contributed by atoms with van der Waals surface area (Å²) < 4.78 is 26.9. The Balaban J connectivity index is 2.21. The third-order valence-corrected chi connectivity index (χ3v) is 3.60. The molecule has 0 atom stereocenters. The smallest absolute Gasteiger partial charge is 0.256 e. The second-order valence-corrected chi connectivity index (χ2v) is 5.12. The second-order valence-electron chi connectivity index (χ2n) is 4.27. The first-order chi connectivity index (χ1) is 8.49. The molecular formula is C12H12BrF2NO2. The zero-order chi connectivity index (χ0) is 13.3. The van der Waals surface area contributed by atoms with Gasteiger partial charge in [0.25, 0.3) is 5.91 Å². The molecular weight excluding hydrogens is 308 g/mol. The van der Waals surface area contributed by atoms with E-state index in [1.165, 1.54) is 4.90 Å². The van der Waals surface area contributed by atoms with Crippen LogP contribution in [-0.4, -0.2) is 35.1 Å². The molecule has 6 heteroatoms. The van der Waals surface area contributed by atoms with E-state index in [2.05, 4.69) is 15.9 Å². The molecule has 98 valence electrons. The molecule has 1 fully saturated rings. The minimum absolute atomic E-state index is 0.00869. The number of carbonyl (C=O) groups excluding carboxylic acids is 1. The number of aliphatic hydroxyl groups excluding tert-OH is 1. The lowest BCUT2D eigenvalue weighted by Crippen LogP contribution is -2.40. The molecule has 0 aliphatic carbocycles. The number of aliphatic hydroxyl groups is 1. The number of likely N-dealkylation sites (tertiary alicyclic amines) is 1. The van der Waals surface area contributed by atoms with Gasteiger partial charge in [-0.3, -0.25) is 4.79 Å². The summed E-state index contributed by atoms with van der Waals surface area (Å²) in [6.45, 7) is 0.717. The van der Waals surface area contributed by atoms with Crippen molar-refractivity contribution in [1.29, 1.82) is 0 Å². The Hall–Kier alpha value is -1.01. The Bertz CT molecular complexity index is 473. The standard InChI is InChI=1S/C12H12BrF2NO2/c13-9-6-10(14)8(5-11(9)15)12(18)16-3-1-7(17)2-4-16/h5-7,17H,1-4H2. The van der Waals surface area contributed by atoms with Crippen LogP contribution in [-0.2, 0) is 0 Å². The fourth-order valence-electron chi connectivity index (χ4n) is 1.93. The van der Waals surface area contributed by atoms with Crippen molar-refractivity contribution >= 4 is 21.8 Å². The van der Waals surface area contributed by atoms with E-state index in [0.717, 1.165) is 12.1 Å². The monoisotopic (exact) mass is 319 g/mol. The predicted octanol–water partition coefficient (Wildman–Crippen LogP) is 2.32. The average Bonchev–Trinajstić information content (AvgIpc) is 2.34. The van der Waals surface area contributed by atoms with Gasteiger partial charge in [0.2, 0.25) is 0 Å². The van der Waals surface area contributed by atoms with E-state index in [1.807, 2.05) is 0 Å². The maximum absolute atomic E-state index is 13.6. The molecule has 18 heavy (non-hydrogen) atoms. The number of amides is 1. The van der Waals surface area contributed by atoms with Crippen LogP contribution in [0, 0.1) is 11.6 Å². The minimum atomic E-state index is -0.751. The molecule has 3 nitrogen and oxygen atoms in total. The Kier molecular flexibility index (Phi) is 3.97. The molecule has 2 rings (SSSR count). The fraction of sp³-hybridized carbons (Fsp3) is 0.417. The van der Waals surface area contributed by atoms with Crippen LogP contribution in [0.25, 0.3) is 0 Å². The first-order valence-corrected chi connectivity index (χ1v) is 6.40. The van der Waals surface area contributed by atoms with Crippen LogP contribution in [0.1, 0.15) is 23.2 Å². The Morgan fingerprint density at radius 2 is 1.89 bits per heavy atom. The molecule has 1 aliphatic rings. The van der Waals surface area contributed by atoms with Crippen molar-refractivity contribution in [3.05, 3.63) is 33.8 Å². The van der Waals surface area contributed by atoms with Crippen LogP contribution >= 0.6 is 15.9 Å². The maximum atomic E-state index is 13.6. The van der Waals surface area contributed by atoms with E-state index in [9.17, 15) is 18.7 Å². The van der Waals surface area contributed by atoms with Gasteiger partial charge in [-0.05, 0) is 40.9 Å². The second kappa shape index (κ2) is 5.32. The van der Waals surface area contributed by atoms with Gasteiger partial charge in [0.1, 0.15) is 11.6 Å². The molecule has 0 spiro atoms. The largest absolute Gasteiger partial charge is 0.393 e. The van der Waals surface area contributed by atoms with Crippen molar-refractivity contribution in [2.75, 3.05) is 13.1 Å². The van der Waals surface area contributed by atoms with Gasteiger partial charge in [0, 0.05) is 13.1 Å². The number of benzene rings is 1. The summed E-state index contributed by atoms with van der Waals surface area (Å²) in [6, 6.07) is 1.84. The molecule has 1 aromatic rings. The van der Waals surface area contributed by atoms with E-state index >= 15 is 0 Å². The van der Waals surface area contributed by atoms with Crippen LogP contribution in [0.15, 0.2) is 16.6 Å². The molecule has 0 unspecified atom stereocenters. The molecule has 0 bridgehead atoms. The summed E-state index contributed by atoms with van der Waals surface area (Å²) in [6.07, 6.45) is 0.513. The van der Waals surface area contributed by atoms with Crippen molar-refractivity contribution in [2.45, 2.75) is 18.9 Å². The van der Waals surface area contributed by atoms with Crippen molar-refractivity contribution in [3.8, 4) is 0 Å². The van der Waals surface area contributed by atoms with Gasteiger partial charge in [0.15, 0.2) is 0 Å². The van der Waals surface area contributed by atoms with E-state index < -0.39 is 23.6 Å². The van der Waals surface area contributed by atoms with Crippen LogP contribution in [0.4, 0.5) is 8.78 Å². The molecule has 1 amide bonds. The predicted molar refractivity (Wildman–Crippen MR) is 65.2 cm³/mol. The average molecular weight is 320 g/mol. The van der Waals surface area contributed by atoms with Gasteiger partial charge < -0.3 is 10.0 Å². The Morgan fingerprint density at radius 1 is 1.28 bits per heavy atom. The van der Waals surface area contributed by atoms with Crippen molar-refractivity contribution in [2.24, 2.45) is 0 Å². The Labute approximate surface area is 112 Å². The third kappa shape index (κ3) is 2.70. The Morgan fingerprint density at radius 3 is 2.50 bits per heavy atom. The van der Waals surface area contributed by atoms with E-state index in [4.69, 9.17) is 0 Å². The van der Waals surface area contributed by atoms with Crippen molar-refractivity contribution < 1.29 is 18.7 Å². The molecule has 0 saturated carbocycles. The first kappa shape index (κ1) is 13.4. The van der Waals surface area contributed by atoms with Gasteiger partial charge in [-0.25, -0.2) is 8.78 Å². The van der Waals surface area contributed by atoms with E-state index in [1.54, 1.807) is 0 Å². The quantitative estimate of drug-likeness (QED) is 0.807. The highest BCUT2D eigenvalue weighted by Crippen LogP contribution is 2.22. The van der Waals surface area contributed by atoms with Gasteiger partial charge >= 0.3 is 0 Å². The minimum Gasteiger partial charge on any atom is -0.393 e. The van der Waals surface area contributed by atoms with Gasteiger partial charge in [-0.1, -0.05) is 0 Å². The van der Waals surface area contributed by atoms with Crippen molar-refractivity contribution in [1.82, 2.24) is 4.90 Å². The highest BCUT2D eigenvalue weighted by Gasteiger charge is 2.25. The van der Waals surface area contributed by atoms with Crippen LogP contribution in [0.3, 0.4) is 0 Å². The van der Waals surface area contributed by atoms with Crippen molar-refractivity contribution in [3.63, 3.8) is 0 Å². The molecule has 1 heterocycles. The molecule has 1 saturated heterocycles. The summed E-state index contributed by atoms with van der Waals surface area (Å²) in [5, 5.41) is 9.34. The topological polar surface area (TPSA) is 40.5 Å². The third-order valence-electron chi connectivity index (χ3n) is 2.99. The summed E-state index contributed by atoms with van der Waals surface area (Å²) in [5.41, 5.74) is -0.271. The zero-order valence-electron chi connectivity index (χ0n) is 9.50. The van der Waals surface area contributed by atoms with Gasteiger partial charge in [0.05, 0.1) is 16.1 Å². The summed E-state index contributed by atoms with van der Waals surface area (Å²) >= 11 is 2.86. The summed E-state index contributed by atoms with van der Waals surface area (Å²) in [7, 11) is 0. The number of rotatable bonds is 1. The normalized spacial score (nSPS) is 17.0. The lowest BCUT2D eigenvalue weighted by atomic mass is 10.1. The number of carbonyl (C=O) groups is 1. The van der Waals surface area contributed by atoms with Crippen LogP contribution in [0.5, 0.6) is 0 Å². The first-order valence-electron chi connectivity index (χ1n) is 5.61. The highest BCUT2D eigenvalue weighted by atomic mass is 79.9. The maximum Gasteiger partial charge on any atom is 0.256 e. The van der Waals surface area contributed by atoms with E-state index in [-0.39, 0.29) is 10.0 Å². The molecule has 0 aromatic heterocycles. The number of nitrogens with zero attached hydrogens (tertiary/aromatic N) is 1. The molecule has 1 aromatic carbocycles. The van der Waals surface area contributed by atoms with Crippen LogP contribution < -0.4 is 0 Å². The molecule has 0 radical (unpaired) electrons. The fourth-order valence-corrected chi connectivity index (χ4v) is 2.24. The highest BCUT2D eigenvalue weighted by molar-refractivity contribution is 9.10. The SMILES string of the molecule is O=C(c1cc(F)c(Br)cc1F)N1CCC(O)CC1. The summed E-state index contributed by atoms with van der Waals surface area (Å²) in [5.74, 6) is -1.96. The van der Waals surface area contributed by atoms with Crippen LogP contribution in [0.2, 0.25) is 0 Å². The molecule has 1 aliphatic heterocycles. The van der Waals surface area contributed by atoms with Gasteiger partial charge in [-0.15, -0.1) is 0 Å². The lowest BCUT2D eigenvalue weighted by molar-refractivity contribution is 0.0542. The zero-order valence-corrected chi connectivity index (χ0v) is 11.1. The van der Waals surface area contributed by atoms with E-state index in [0.29, 0.717) is 25.9 Å².